The Morgan fingerprint density at radius 1 is 1.38 bits per heavy atom. The summed E-state index contributed by atoms with van der Waals surface area (Å²) >= 11 is 0. The molecule has 0 spiro atoms. The fourth-order valence-corrected chi connectivity index (χ4v) is 1.02. The van der Waals surface area contributed by atoms with Crippen LogP contribution in [0.15, 0.2) is 18.2 Å². The number of fused-ring (bicyclic) bond motifs is 1. The van der Waals surface area contributed by atoms with Crippen molar-refractivity contribution in [2.45, 2.75) is 6.54 Å². The standard InChI is InChI=1S/C7H4FNO4/c8-7-12-5-2-1-4(9(10)11)3-6(5)13-7/h1-3,7H. The molecule has 1 aromatic rings. The lowest BCUT2D eigenvalue weighted by Crippen LogP contribution is -2.09. The smallest absolute Gasteiger partial charge is 0.397 e. The molecule has 13 heavy (non-hydrogen) atoms. The third-order valence-corrected chi connectivity index (χ3v) is 1.58. The largest absolute Gasteiger partial charge is 0.425 e. The average molecular weight is 185 g/mol. The summed E-state index contributed by atoms with van der Waals surface area (Å²) in [6, 6.07) is 3.64. The minimum absolute atomic E-state index is 0.0571. The Morgan fingerprint density at radius 2 is 2.08 bits per heavy atom. The van der Waals surface area contributed by atoms with E-state index >= 15 is 0 Å². The number of nitrogens with zero attached hydrogens (tertiary/aromatic N) is 1. The van der Waals surface area contributed by atoms with E-state index in [9.17, 15) is 14.5 Å². The van der Waals surface area contributed by atoms with Gasteiger partial charge in [-0.15, -0.1) is 0 Å². The Bertz CT molecular complexity index is 368. The van der Waals surface area contributed by atoms with Crippen molar-refractivity contribution in [2.75, 3.05) is 0 Å². The molecule has 0 saturated carbocycles. The predicted molar refractivity (Wildman–Crippen MR) is 39.2 cm³/mol. The molecule has 0 radical (unpaired) electrons. The molecule has 0 N–H and O–H groups in total. The maximum atomic E-state index is 12.4. The van der Waals surface area contributed by atoms with Gasteiger partial charge in [-0.05, 0) is 6.07 Å². The fourth-order valence-electron chi connectivity index (χ4n) is 1.02. The summed E-state index contributed by atoms with van der Waals surface area (Å²) in [6.45, 7) is -1.86. The molecule has 0 aliphatic carbocycles. The van der Waals surface area contributed by atoms with Crippen molar-refractivity contribution in [3.8, 4) is 11.5 Å². The van der Waals surface area contributed by atoms with Crippen molar-refractivity contribution < 1.29 is 18.8 Å². The lowest BCUT2D eigenvalue weighted by molar-refractivity contribution is -0.384. The number of benzene rings is 1. The highest BCUT2D eigenvalue weighted by Gasteiger charge is 2.25. The average Bonchev–Trinajstić information content (AvgIpc) is 2.42. The molecule has 0 saturated heterocycles. The summed E-state index contributed by atoms with van der Waals surface area (Å²) in [7, 11) is 0. The number of nitro benzene ring substituents is 1. The van der Waals surface area contributed by atoms with Crippen LogP contribution in [0.2, 0.25) is 0 Å². The Kier molecular flexibility index (Phi) is 1.54. The lowest BCUT2D eigenvalue weighted by Gasteiger charge is -1.94. The normalized spacial score (nSPS) is 18.7. The summed E-state index contributed by atoms with van der Waals surface area (Å²) in [5.74, 6) is 0.236. The van der Waals surface area contributed by atoms with Gasteiger partial charge in [0.2, 0.25) is 0 Å². The predicted octanol–water partition coefficient (Wildman–Crippen LogP) is 1.62. The molecule has 1 atom stereocenters. The molecule has 2 rings (SSSR count). The molecule has 5 nitrogen and oxygen atoms in total. The van der Waals surface area contributed by atoms with E-state index in [1.807, 2.05) is 0 Å². The highest BCUT2D eigenvalue weighted by Crippen LogP contribution is 2.37. The second-order valence-corrected chi connectivity index (χ2v) is 2.40. The van der Waals surface area contributed by atoms with E-state index in [1.165, 1.54) is 12.1 Å². The van der Waals surface area contributed by atoms with Crippen molar-refractivity contribution >= 4 is 5.69 Å². The monoisotopic (exact) mass is 185 g/mol. The summed E-state index contributed by atoms with van der Waals surface area (Å²) < 4.78 is 21.5. The topological polar surface area (TPSA) is 61.6 Å². The van der Waals surface area contributed by atoms with Crippen LogP contribution in [0.25, 0.3) is 0 Å². The van der Waals surface area contributed by atoms with E-state index in [0.29, 0.717) is 0 Å². The maximum absolute atomic E-state index is 12.4. The fraction of sp³-hybridized carbons (Fsp3) is 0.143. The summed E-state index contributed by atoms with van der Waals surface area (Å²) in [4.78, 5) is 9.71. The molecule has 68 valence electrons. The third kappa shape index (κ3) is 1.26. The molecule has 1 aliphatic rings. The van der Waals surface area contributed by atoms with E-state index < -0.39 is 11.5 Å². The van der Waals surface area contributed by atoms with Crippen molar-refractivity contribution in [1.82, 2.24) is 0 Å². The van der Waals surface area contributed by atoms with Crippen LogP contribution in [0.3, 0.4) is 0 Å². The molecular formula is C7H4FNO4. The molecule has 0 fully saturated rings. The zero-order valence-electron chi connectivity index (χ0n) is 6.27. The van der Waals surface area contributed by atoms with E-state index in [1.54, 1.807) is 0 Å². The second-order valence-electron chi connectivity index (χ2n) is 2.40. The van der Waals surface area contributed by atoms with Gasteiger partial charge in [-0.3, -0.25) is 10.1 Å². The molecule has 1 aliphatic heterocycles. The zero-order chi connectivity index (χ0) is 9.42. The van der Waals surface area contributed by atoms with Crippen LogP contribution < -0.4 is 9.47 Å². The summed E-state index contributed by atoms with van der Waals surface area (Å²) in [5, 5.41) is 10.3. The second kappa shape index (κ2) is 2.58. The number of hydrogen-bond donors (Lipinski definition) is 0. The van der Waals surface area contributed by atoms with Crippen LogP contribution >= 0.6 is 0 Å². The van der Waals surface area contributed by atoms with Crippen molar-refractivity contribution in [3.05, 3.63) is 28.3 Å². The van der Waals surface area contributed by atoms with Crippen LogP contribution in [-0.4, -0.2) is 11.5 Å². The van der Waals surface area contributed by atoms with Crippen molar-refractivity contribution in [1.29, 1.82) is 0 Å². The SMILES string of the molecule is O=[N+]([O-])c1ccc2c(c1)OC(F)O2. The lowest BCUT2D eigenvalue weighted by atomic mass is 10.3. The van der Waals surface area contributed by atoms with E-state index in [2.05, 4.69) is 9.47 Å². The molecule has 1 aromatic carbocycles. The van der Waals surface area contributed by atoms with Crippen LogP contribution in [0, 0.1) is 10.1 Å². The van der Waals surface area contributed by atoms with E-state index in [0.717, 1.165) is 6.07 Å². The summed E-state index contributed by atoms with van der Waals surface area (Å²) in [5.41, 5.74) is -0.156. The number of halogens is 1. The Balaban J connectivity index is 2.40. The third-order valence-electron chi connectivity index (χ3n) is 1.58. The Labute approximate surface area is 71.8 Å². The van der Waals surface area contributed by atoms with Gasteiger partial charge in [-0.2, -0.15) is 4.39 Å². The minimum atomic E-state index is -1.86. The van der Waals surface area contributed by atoms with Crippen molar-refractivity contribution in [2.24, 2.45) is 0 Å². The molecule has 6 heteroatoms. The number of hydrogen-bond acceptors (Lipinski definition) is 4. The maximum Gasteiger partial charge on any atom is 0.397 e. The van der Waals surface area contributed by atoms with Gasteiger partial charge in [0.25, 0.3) is 5.69 Å². The first kappa shape index (κ1) is 7.78. The first-order valence-electron chi connectivity index (χ1n) is 3.42. The minimum Gasteiger partial charge on any atom is -0.425 e. The van der Waals surface area contributed by atoms with Gasteiger partial charge in [0, 0.05) is 6.07 Å². The van der Waals surface area contributed by atoms with Crippen LogP contribution in [0.4, 0.5) is 10.1 Å². The highest BCUT2D eigenvalue weighted by molar-refractivity contribution is 5.49. The number of rotatable bonds is 1. The Hall–Kier alpha value is -1.85. The molecule has 0 aromatic heterocycles. The van der Waals surface area contributed by atoms with E-state index in [-0.39, 0.29) is 17.2 Å². The van der Waals surface area contributed by atoms with Crippen LogP contribution in [-0.2, 0) is 0 Å². The van der Waals surface area contributed by atoms with Crippen LogP contribution in [0.1, 0.15) is 0 Å². The number of alkyl halides is 1. The number of non-ortho nitro benzene ring substituents is 1. The van der Waals surface area contributed by atoms with Gasteiger partial charge in [-0.1, -0.05) is 0 Å². The van der Waals surface area contributed by atoms with Gasteiger partial charge in [-0.25, -0.2) is 0 Å². The molecule has 0 amide bonds. The van der Waals surface area contributed by atoms with Gasteiger partial charge in [0.05, 0.1) is 11.0 Å². The molecule has 1 unspecified atom stereocenters. The van der Waals surface area contributed by atoms with E-state index in [4.69, 9.17) is 0 Å². The zero-order valence-corrected chi connectivity index (χ0v) is 6.27. The van der Waals surface area contributed by atoms with Gasteiger partial charge >= 0.3 is 6.54 Å². The number of nitro groups is 1. The molecular weight excluding hydrogens is 181 g/mol. The van der Waals surface area contributed by atoms with Gasteiger partial charge < -0.3 is 9.47 Å². The van der Waals surface area contributed by atoms with Gasteiger partial charge in [0.15, 0.2) is 11.5 Å². The Morgan fingerprint density at radius 3 is 2.77 bits per heavy atom. The molecule has 0 bridgehead atoms. The van der Waals surface area contributed by atoms with Crippen molar-refractivity contribution in [3.63, 3.8) is 0 Å². The molecule has 1 heterocycles. The first-order valence-corrected chi connectivity index (χ1v) is 3.42. The first-order chi connectivity index (χ1) is 6.16. The summed E-state index contributed by atoms with van der Waals surface area (Å²) in [6.07, 6.45) is 0. The quantitative estimate of drug-likeness (QED) is 0.492. The highest BCUT2D eigenvalue weighted by atomic mass is 19.2. The van der Waals surface area contributed by atoms with Gasteiger partial charge in [0.1, 0.15) is 0 Å². The van der Waals surface area contributed by atoms with Crippen LogP contribution in [0.5, 0.6) is 11.5 Å². The number of ether oxygens (including phenoxy) is 2.